The van der Waals surface area contributed by atoms with Gasteiger partial charge in [-0.3, -0.25) is 4.79 Å². The average molecular weight is 210 g/mol. The first-order valence-corrected chi connectivity index (χ1v) is 6.24. The molecule has 0 radical (unpaired) electrons. The summed E-state index contributed by atoms with van der Waals surface area (Å²) in [6.45, 7) is 0. The lowest BCUT2D eigenvalue weighted by Gasteiger charge is -2.27. The molecule has 0 aromatic carbocycles. The van der Waals surface area contributed by atoms with Crippen molar-refractivity contribution in [3.8, 4) is 0 Å². The number of nitrogens with one attached hydrogen (secondary N) is 2. The Balaban J connectivity index is 1.64. The lowest BCUT2D eigenvalue weighted by atomic mass is 9.84. The molecule has 2 aliphatic carbocycles. The molecule has 86 valence electrons. The predicted octanol–water partition coefficient (Wildman–Crippen LogP) is 1.43. The van der Waals surface area contributed by atoms with Crippen molar-refractivity contribution < 1.29 is 4.79 Å². The predicted molar refractivity (Wildman–Crippen MR) is 60.6 cm³/mol. The summed E-state index contributed by atoms with van der Waals surface area (Å²) in [6, 6.07) is 1.21. The van der Waals surface area contributed by atoms with Crippen LogP contribution in [0.5, 0.6) is 0 Å². The standard InChI is InChI=1S/C12H22N2O/c1-13-10-4-2-9(3-5-10)8-12(15)14-11-6-7-11/h9-11,13H,2-8H2,1H3,(H,14,15). The minimum Gasteiger partial charge on any atom is -0.353 e. The van der Waals surface area contributed by atoms with Gasteiger partial charge in [0.05, 0.1) is 0 Å². The molecular weight excluding hydrogens is 188 g/mol. The molecule has 0 heterocycles. The van der Waals surface area contributed by atoms with Crippen molar-refractivity contribution in [2.24, 2.45) is 5.92 Å². The highest BCUT2D eigenvalue weighted by atomic mass is 16.1. The molecule has 1 amide bonds. The van der Waals surface area contributed by atoms with E-state index in [4.69, 9.17) is 0 Å². The maximum atomic E-state index is 11.6. The average Bonchev–Trinajstić information content (AvgIpc) is 3.03. The van der Waals surface area contributed by atoms with Gasteiger partial charge >= 0.3 is 0 Å². The van der Waals surface area contributed by atoms with Crippen LogP contribution in [0.4, 0.5) is 0 Å². The highest BCUT2D eigenvalue weighted by Gasteiger charge is 2.26. The smallest absolute Gasteiger partial charge is 0.220 e. The van der Waals surface area contributed by atoms with Gasteiger partial charge in [-0.2, -0.15) is 0 Å². The first-order chi connectivity index (χ1) is 7.28. The van der Waals surface area contributed by atoms with Gasteiger partial charge in [0.1, 0.15) is 0 Å². The van der Waals surface area contributed by atoms with E-state index in [1.807, 2.05) is 7.05 Å². The number of hydrogen-bond acceptors (Lipinski definition) is 2. The van der Waals surface area contributed by atoms with Crippen LogP contribution >= 0.6 is 0 Å². The van der Waals surface area contributed by atoms with Crippen LogP contribution in [0.1, 0.15) is 44.9 Å². The van der Waals surface area contributed by atoms with Crippen molar-refractivity contribution in [2.45, 2.75) is 57.0 Å². The van der Waals surface area contributed by atoms with Crippen LogP contribution in [0.25, 0.3) is 0 Å². The van der Waals surface area contributed by atoms with Crippen LogP contribution in [0, 0.1) is 5.92 Å². The first-order valence-electron chi connectivity index (χ1n) is 6.24. The van der Waals surface area contributed by atoms with Gasteiger partial charge in [0.15, 0.2) is 0 Å². The van der Waals surface area contributed by atoms with Gasteiger partial charge in [0, 0.05) is 18.5 Å². The molecule has 0 aromatic heterocycles. The van der Waals surface area contributed by atoms with Gasteiger partial charge in [0.2, 0.25) is 5.91 Å². The number of hydrogen-bond donors (Lipinski definition) is 2. The minimum atomic E-state index is 0.283. The van der Waals surface area contributed by atoms with Crippen molar-refractivity contribution in [3.05, 3.63) is 0 Å². The fourth-order valence-electron chi connectivity index (χ4n) is 2.43. The van der Waals surface area contributed by atoms with E-state index >= 15 is 0 Å². The van der Waals surface area contributed by atoms with Crippen LogP contribution in [0.3, 0.4) is 0 Å². The molecule has 0 bridgehead atoms. The summed E-state index contributed by atoms with van der Waals surface area (Å²) in [4.78, 5) is 11.6. The van der Waals surface area contributed by atoms with E-state index in [0.29, 0.717) is 18.0 Å². The Bertz CT molecular complexity index is 218. The maximum absolute atomic E-state index is 11.6. The Morgan fingerprint density at radius 2 is 1.67 bits per heavy atom. The second-order valence-electron chi connectivity index (χ2n) is 5.05. The minimum absolute atomic E-state index is 0.283. The summed E-state index contributed by atoms with van der Waals surface area (Å²) in [6.07, 6.45) is 8.03. The summed E-state index contributed by atoms with van der Waals surface area (Å²) in [5.74, 6) is 0.916. The molecule has 0 saturated heterocycles. The Kier molecular flexibility index (Phi) is 3.62. The molecule has 0 aliphatic heterocycles. The van der Waals surface area contributed by atoms with Crippen molar-refractivity contribution in [1.29, 1.82) is 0 Å². The van der Waals surface area contributed by atoms with Crippen molar-refractivity contribution >= 4 is 5.91 Å². The number of rotatable bonds is 4. The monoisotopic (exact) mass is 210 g/mol. The molecule has 0 atom stereocenters. The third-order valence-electron chi connectivity index (χ3n) is 3.67. The third-order valence-corrected chi connectivity index (χ3v) is 3.67. The van der Waals surface area contributed by atoms with Gasteiger partial charge < -0.3 is 10.6 Å². The Hall–Kier alpha value is -0.570. The van der Waals surface area contributed by atoms with Crippen LogP contribution in [-0.4, -0.2) is 25.0 Å². The Morgan fingerprint density at radius 1 is 1.07 bits per heavy atom. The van der Waals surface area contributed by atoms with Crippen LogP contribution in [-0.2, 0) is 4.79 Å². The fourth-order valence-corrected chi connectivity index (χ4v) is 2.43. The van der Waals surface area contributed by atoms with Crippen molar-refractivity contribution in [2.75, 3.05) is 7.05 Å². The van der Waals surface area contributed by atoms with Crippen molar-refractivity contribution in [1.82, 2.24) is 10.6 Å². The molecule has 2 rings (SSSR count). The molecule has 0 unspecified atom stereocenters. The normalized spacial score (nSPS) is 31.3. The second kappa shape index (κ2) is 4.97. The van der Waals surface area contributed by atoms with E-state index in [-0.39, 0.29) is 5.91 Å². The molecular formula is C12H22N2O. The summed E-state index contributed by atoms with van der Waals surface area (Å²) in [5, 5.41) is 6.39. The largest absolute Gasteiger partial charge is 0.353 e. The summed E-state index contributed by atoms with van der Waals surface area (Å²) in [7, 11) is 2.03. The molecule has 2 N–H and O–H groups in total. The molecule has 0 spiro atoms. The maximum Gasteiger partial charge on any atom is 0.220 e. The highest BCUT2D eigenvalue weighted by molar-refractivity contribution is 5.76. The zero-order valence-corrected chi connectivity index (χ0v) is 9.59. The lowest BCUT2D eigenvalue weighted by molar-refractivity contribution is -0.122. The van der Waals surface area contributed by atoms with E-state index in [9.17, 15) is 4.79 Å². The second-order valence-corrected chi connectivity index (χ2v) is 5.05. The van der Waals surface area contributed by atoms with Gasteiger partial charge in [-0.1, -0.05) is 0 Å². The summed E-state index contributed by atoms with van der Waals surface area (Å²) < 4.78 is 0. The quantitative estimate of drug-likeness (QED) is 0.737. The molecule has 0 aromatic rings. The zero-order valence-electron chi connectivity index (χ0n) is 9.59. The molecule has 2 saturated carbocycles. The molecule has 2 aliphatic rings. The van der Waals surface area contributed by atoms with Gasteiger partial charge in [-0.15, -0.1) is 0 Å². The van der Waals surface area contributed by atoms with Crippen LogP contribution < -0.4 is 10.6 Å². The van der Waals surface area contributed by atoms with E-state index in [2.05, 4.69) is 10.6 Å². The van der Waals surface area contributed by atoms with E-state index in [1.165, 1.54) is 38.5 Å². The summed E-state index contributed by atoms with van der Waals surface area (Å²) in [5.41, 5.74) is 0. The van der Waals surface area contributed by atoms with Crippen molar-refractivity contribution in [3.63, 3.8) is 0 Å². The van der Waals surface area contributed by atoms with E-state index < -0.39 is 0 Å². The SMILES string of the molecule is CNC1CCC(CC(=O)NC2CC2)CC1. The van der Waals surface area contributed by atoms with Crippen LogP contribution in [0.2, 0.25) is 0 Å². The Labute approximate surface area is 92.0 Å². The molecule has 3 nitrogen and oxygen atoms in total. The number of carbonyl (C=O) groups excluding carboxylic acids is 1. The van der Waals surface area contributed by atoms with Crippen LogP contribution in [0.15, 0.2) is 0 Å². The van der Waals surface area contributed by atoms with E-state index in [1.54, 1.807) is 0 Å². The van der Waals surface area contributed by atoms with E-state index in [0.717, 1.165) is 6.42 Å². The Morgan fingerprint density at radius 3 is 2.20 bits per heavy atom. The van der Waals surface area contributed by atoms with Gasteiger partial charge in [-0.25, -0.2) is 0 Å². The number of amides is 1. The lowest BCUT2D eigenvalue weighted by Crippen LogP contribution is -2.33. The van der Waals surface area contributed by atoms with Gasteiger partial charge in [-0.05, 0) is 51.5 Å². The molecule has 2 fully saturated rings. The van der Waals surface area contributed by atoms with Gasteiger partial charge in [0.25, 0.3) is 0 Å². The first kappa shape index (κ1) is 10.9. The fraction of sp³-hybridized carbons (Fsp3) is 0.917. The highest BCUT2D eigenvalue weighted by Crippen LogP contribution is 2.27. The summed E-state index contributed by atoms with van der Waals surface area (Å²) >= 11 is 0. The molecule has 15 heavy (non-hydrogen) atoms. The number of carbonyl (C=O) groups is 1. The topological polar surface area (TPSA) is 41.1 Å². The zero-order chi connectivity index (χ0) is 10.7. The third kappa shape index (κ3) is 3.49. The molecule has 3 heteroatoms.